The first-order chi connectivity index (χ1) is 16.4. The molecule has 2 aromatic heterocycles. The molecule has 0 fully saturated rings. The Morgan fingerprint density at radius 2 is 1.56 bits per heavy atom. The van der Waals surface area contributed by atoms with Gasteiger partial charge in [-0.25, -0.2) is 4.79 Å². The molecule has 0 spiro atoms. The van der Waals surface area contributed by atoms with E-state index in [1.54, 1.807) is 48.5 Å². The van der Waals surface area contributed by atoms with Gasteiger partial charge < -0.3 is 19.9 Å². The molecule has 0 saturated heterocycles. The molecule has 5 aromatic rings. The Hall–Kier alpha value is -4.92. The zero-order valence-electron chi connectivity index (χ0n) is 17.6. The number of hydrogen-bond donors (Lipinski definition) is 3. The lowest BCUT2D eigenvalue weighted by atomic mass is 10.1. The summed E-state index contributed by atoms with van der Waals surface area (Å²) in [6.45, 7) is -0.0916. The van der Waals surface area contributed by atoms with Crippen LogP contribution in [0.4, 0.5) is 0 Å². The summed E-state index contributed by atoms with van der Waals surface area (Å²) in [5.41, 5.74) is -0.0618. The van der Waals surface area contributed by atoms with Gasteiger partial charge in [0.1, 0.15) is 5.58 Å². The highest BCUT2D eigenvalue weighted by Gasteiger charge is 2.18. The number of fused-ring (bicyclic) bond motifs is 2. The van der Waals surface area contributed by atoms with E-state index in [1.807, 2.05) is 6.07 Å². The van der Waals surface area contributed by atoms with Crippen LogP contribution in [0.5, 0.6) is 11.5 Å². The second-order valence-corrected chi connectivity index (χ2v) is 7.56. The second kappa shape index (κ2) is 8.21. The Morgan fingerprint density at radius 1 is 0.882 bits per heavy atom. The first-order valence-corrected chi connectivity index (χ1v) is 10.3. The molecule has 0 unspecified atom stereocenters. The molecule has 34 heavy (non-hydrogen) atoms. The SMILES string of the molecule is O=C(NCc1cc(=O)oc2cc(O)c(O)cc12)c1nn(-c2ccccc2)c(=O)c2ccccc12. The van der Waals surface area contributed by atoms with Crippen LogP contribution < -0.4 is 16.5 Å². The van der Waals surface area contributed by atoms with Crippen molar-refractivity contribution >= 4 is 27.6 Å². The number of nitrogens with one attached hydrogen (secondary N) is 1. The maximum atomic E-state index is 13.2. The minimum atomic E-state index is -0.678. The van der Waals surface area contributed by atoms with Gasteiger partial charge in [0.2, 0.25) is 0 Å². The number of aromatic nitrogens is 2. The van der Waals surface area contributed by atoms with Crippen molar-refractivity contribution in [2.75, 3.05) is 0 Å². The highest BCUT2D eigenvalue weighted by atomic mass is 16.4. The van der Waals surface area contributed by atoms with Crippen LogP contribution in [0.2, 0.25) is 0 Å². The zero-order valence-corrected chi connectivity index (χ0v) is 17.6. The first-order valence-electron chi connectivity index (χ1n) is 10.3. The van der Waals surface area contributed by atoms with Gasteiger partial charge in [0.05, 0.1) is 11.1 Å². The molecule has 3 aromatic carbocycles. The number of phenols is 2. The summed E-state index contributed by atoms with van der Waals surface area (Å²) in [4.78, 5) is 38.1. The average molecular weight is 455 g/mol. The van der Waals surface area contributed by atoms with Crippen LogP contribution in [0.25, 0.3) is 27.4 Å². The van der Waals surface area contributed by atoms with E-state index < -0.39 is 23.0 Å². The van der Waals surface area contributed by atoms with Crippen molar-refractivity contribution in [3.05, 3.63) is 105 Å². The predicted molar refractivity (Wildman–Crippen MR) is 124 cm³/mol. The summed E-state index contributed by atoms with van der Waals surface area (Å²) in [5.74, 6) is -1.39. The second-order valence-electron chi connectivity index (χ2n) is 7.56. The summed E-state index contributed by atoms with van der Waals surface area (Å²) in [6, 6.07) is 19.0. The summed E-state index contributed by atoms with van der Waals surface area (Å²) in [5, 5.41) is 27.7. The Morgan fingerprint density at radius 3 is 2.32 bits per heavy atom. The van der Waals surface area contributed by atoms with Gasteiger partial charge >= 0.3 is 5.63 Å². The molecule has 9 nitrogen and oxygen atoms in total. The van der Waals surface area contributed by atoms with E-state index >= 15 is 0 Å². The molecule has 9 heteroatoms. The monoisotopic (exact) mass is 455 g/mol. The maximum absolute atomic E-state index is 13.2. The molecule has 1 amide bonds. The van der Waals surface area contributed by atoms with E-state index in [1.165, 1.54) is 16.8 Å². The van der Waals surface area contributed by atoms with Crippen LogP contribution in [-0.2, 0) is 6.54 Å². The van der Waals surface area contributed by atoms with Crippen LogP contribution >= 0.6 is 0 Å². The van der Waals surface area contributed by atoms with Crippen molar-refractivity contribution < 1.29 is 19.4 Å². The number of hydrogen-bond acceptors (Lipinski definition) is 7. The molecule has 2 heterocycles. The Labute approximate surface area is 191 Å². The van der Waals surface area contributed by atoms with Gasteiger partial charge in [0.15, 0.2) is 17.2 Å². The minimum absolute atomic E-state index is 0.0341. The van der Waals surface area contributed by atoms with E-state index in [4.69, 9.17) is 4.42 Å². The number of aromatic hydroxyl groups is 2. The molecule has 0 bridgehead atoms. The van der Waals surface area contributed by atoms with Crippen LogP contribution in [0, 0.1) is 0 Å². The topological polar surface area (TPSA) is 135 Å². The van der Waals surface area contributed by atoms with Crippen molar-refractivity contribution in [1.82, 2.24) is 15.1 Å². The summed E-state index contributed by atoms with van der Waals surface area (Å²) >= 11 is 0. The lowest BCUT2D eigenvalue weighted by Crippen LogP contribution is -2.30. The fraction of sp³-hybridized carbons (Fsp3) is 0.0400. The van der Waals surface area contributed by atoms with Crippen molar-refractivity contribution in [3.63, 3.8) is 0 Å². The number of amides is 1. The van der Waals surface area contributed by atoms with Gasteiger partial charge in [0.25, 0.3) is 11.5 Å². The minimum Gasteiger partial charge on any atom is -0.504 e. The first kappa shape index (κ1) is 21.0. The maximum Gasteiger partial charge on any atom is 0.336 e. The zero-order chi connectivity index (χ0) is 23.8. The summed E-state index contributed by atoms with van der Waals surface area (Å²) in [7, 11) is 0. The predicted octanol–water partition coefficient (Wildman–Crippen LogP) is 2.83. The molecule has 0 saturated carbocycles. The van der Waals surface area contributed by atoms with Crippen molar-refractivity contribution in [1.29, 1.82) is 0 Å². The smallest absolute Gasteiger partial charge is 0.336 e. The van der Waals surface area contributed by atoms with Crippen molar-refractivity contribution in [2.45, 2.75) is 6.54 Å². The number of rotatable bonds is 4. The van der Waals surface area contributed by atoms with E-state index in [2.05, 4.69) is 10.4 Å². The van der Waals surface area contributed by atoms with Gasteiger partial charge in [-0.05, 0) is 29.8 Å². The molecule has 0 aliphatic heterocycles. The molecule has 0 aliphatic carbocycles. The average Bonchev–Trinajstić information content (AvgIpc) is 2.84. The van der Waals surface area contributed by atoms with Crippen LogP contribution in [0.3, 0.4) is 0 Å². The third-order valence-electron chi connectivity index (χ3n) is 5.39. The van der Waals surface area contributed by atoms with Crippen molar-refractivity contribution in [2.24, 2.45) is 0 Å². The van der Waals surface area contributed by atoms with Crippen molar-refractivity contribution in [3.8, 4) is 17.2 Å². The largest absolute Gasteiger partial charge is 0.504 e. The van der Waals surface area contributed by atoms with Gasteiger partial charge in [-0.3, -0.25) is 9.59 Å². The number of carbonyl (C=O) groups excluding carboxylic acids is 1. The van der Waals surface area contributed by atoms with Gasteiger partial charge in [-0.1, -0.05) is 36.4 Å². The van der Waals surface area contributed by atoms with Crippen LogP contribution in [0.1, 0.15) is 16.1 Å². The fourth-order valence-corrected chi connectivity index (χ4v) is 3.76. The van der Waals surface area contributed by atoms with E-state index in [-0.39, 0.29) is 23.4 Å². The Balaban J connectivity index is 1.57. The third kappa shape index (κ3) is 3.65. The fourth-order valence-electron chi connectivity index (χ4n) is 3.76. The van der Waals surface area contributed by atoms with Crippen LogP contribution in [-0.4, -0.2) is 25.9 Å². The van der Waals surface area contributed by atoms with E-state index in [0.29, 0.717) is 27.4 Å². The van der Waals surface area contributed by atoms with Gasteiger partial charge in [-0.15, -0.1) is 0 Å². The number of carbonyl (C=O) groups is 1. The van der Waals surface area contributed by atoms with Crippen LogP contribution in [0.15, 0.2) is 86.8 Å². The molecule has 0 aliphatic rings. The quantitative estimate of drug-likeness (QED) is 0.280. The number of phenolic OH excluding ortho intramolecular Hbond substituents is 2. The molecule has 5 rings (SSSR count). The molecule has 0 atom stereocenters. The molecule has 0 radical (unpaired) electrons. The normalized spacial score (nSPS) is 11.1. The number of para-hydroxylation sites is 1. The lowest BCUT2D eigenvalue weighted by molar-refractivity contribution is 0.0946. The summed E-state index contributed by atoms with van der Waals surface area (Å²) < 4.78 is 6.25. The molecular formula is C25H17N3O6. The molecule has 3 N–H and O–H groups in total. The Kier molecular flexibility index (Phi) is 5.06. The molecule has 168 valence electrons. The van der Waals surface area contributed by atoms with E-state index in [9.17, 15) is 24.6 Å². The standard InChI is InChI=1S/C25H17N3O6/c29-19-11-18-14(10-22(31)34-21(18)12-20(19)30)13-26-24(32)23-16-8-4-5-9-17(16)25(33)28(27-23)15-6-2-1-3-7-15/h1-12,29-30H,13H2,(H,26,32). The van der Waals surface area contributed by atoms with Gasteiger partial charge in [-0.2, -0.15) is 9.78 Å². The highest BCUT2D eigenvalue weighted by molar-refractivity contribution is 6.05. The number of nitrogens with zero attached hydrogens (tertiary/aromatic N) is 2. The molecular weight excluding hydrogens is 438 g/mol. The van der Waals surface area contributed by atoms with Gasteiger partial charge in [0, 0.05) is 29.4 Å². The lowest BCUT2D eigenvalue weighted by Gasteiger charge is -2.12. The summed E-state index contributed by atoms with van der Waals surface area (Å²) in [6.07, 6.45) is 0. The number of benzene rings is 3. The Bertz CT molecular complexity index is 1690. The third-order valence-corrected chi connectivity index (χ3v) is 5.39. The highest BCUT2D eigenvalue weighted by Crippen LogP contribution is 2.31. The van der Waals surface area contributed by atoms with E-state index in [0.717, 1.165) is 6.07 Å².